The van der Waals surface area contributed by atoms with Gasteiger partial charge in [0.1, 0.15) is 0 Å². The van der Waals surface area contributed by atoms with Crippen molar-refractivity contribution in [1.82, 2.24) is 4.98 Å². The maximum atomic E-state index is 12.2. The highest BCUT2D eigenvalue weighted by atomic mass is 35.5. The Morgan fingerprint density at radius 2 is 1.75 bits per heavy atom. The van der Waals surface area contributed by atoms with Crippen LogP contribution in [-0.4, -0.2) is 10.8 Å². The van der Waals surface area contributed by atoms with E-state index in [2.05, 4.69) is 4.98 Å². The smallest absolute Gasteiger partial charge is 0.266 e. The molecule has 3 rings (SSSR count). The van der Waals surface area contributed by atoms with Crippen molar-refractivity contribution < 1.29 is 4.79 Å². The molecule has 0 aliphatic heterocycles. The SMILES string of the molecule is O=C(/C=c1\[nH]c(=O)/c(=C\c2ccccc2Cl)s1)c1ccc(Cl)cc1. The van der Waals surface area contributed by atoms with Crippen LogP contribution in [-0.2, 0) is 0 Å². The van der Waals surface area contributed by atoms with Crippen LogP contribution >= 0.6 is 34.5 Å². The molecule has 3 nitrogen and oxygen atoms in total. The van der Waals surface area contributed by atoms with Crippen LogP contribution in [0.2, 0.25) is 10.0 Å². The lowest BCUT2D eigenvalue weighted by molar-refractivity contribution is 0.106. The second kappa shape index (κ2) is 7.18. The highest BCUT2D eigenvalue weighted by Crippen LogP contribution is 2.15. The molecule has 1 aromatic heterocycles. The maximum absolute atomic E-state index is 12.2. The molecule has 0 aliphatic rings. The summed E-state index contributed by atoms with van der Waals surface area (Å²) in [6.45, 7) is 0. The summed E-state index contributed by atoms with van der Waals surface area (Å²) < 4.78 is 0.969. The first-order valence-electron chi connectivity index (χ1n) is 7.00. The lowest BCUT2D eigenvalue weighted by Gasteiger charge is -1.94. The Morgan fingerprint density at radius 3 is 2.46 bits per heavy atom. The number of H-pyrrole nitrogens is 1. The summed E-state index contributed by atoms with van der Waals surface area (Å²) in [7, 11) is 0. The van der Waals surface area contributed by atoms with E-state index in [1.165, 1.54) is 17.4 Å². The molecule has 1 heterocycles. The molecule has 0 amide bonds. The molecule has 0 unspecified atom stereocenters. The Hall–Kier alpha value is -2.14. The minimum atomic E-state index is -0.255. The van der Waals surface area contributed by atoms with Crippen molar-refractivity contribution in [3.05, 3.63) is 89.3 Å². The van der Waals surface area contributed by atoms with Crippen LogP contribution in [0.5, 0.6) is 0 Å². The number of benzene rings is 2. The predicted molar refractivity (Wildman–Crippen MR) is 99.5 cm³/mol. The Kier molecular flexibility index (Phi) is 5.00. The molecule has 0 spiro atoms. The molecule has 120 valence electrons. The number of ketones is 1. The van der Waals surface area contributed by atoms with Gasteiger partial charge >= 0.3 is 0 Å². The Labute approximate surface area is 151 Å². The van der Waals surface area contributed by atoms with E-state index in [9.17, 15) is 9.59 Å². The summed E-state index contributed by atoms with van der Waals surface area (Å²) in [5.41, 5.74) is 1.00. The van der Waals surface area contributed by atoms with Crippen LogP contribution in [0.4, 0.5) is 0 Å². The van der Waals surface area contributed by atoms with E-state index >= 15 is 0 Å². The van der Waals surface area contributed by atoms with Crippen molar-refractivity contribution in [2.75, 3.05) is 0 Å². The summed E-state index contributed by atoms with van der Waals surface area (Å²) in [6.07, 6.45) is 3.11. The van der Waals surface area contributed by atoms with E-state index in [0.29, 0.717) is 24.8 Å². The quantitative estimate of drug-likeness (QED) is 0.714. The first-order chi connectivity index (χ1) is 11.5. The van der Waals surface area contributed by atoms with Gasteiger partial charge in [-0.1, -0.05) is 41.4 Å². The van der Waals surface area contributed by atoms with Crippen LogP contribution in [0.3, 0.4) is 0 Å². The molecule has 0 bridgehead atoms. The molecule has 0 fully saturated rings. The third-order valence-electron chi connectivity index (χ3n) is 3.26. The van der Waals surface area contributed by atoms with Gasteiger partial charge in [-0.15, -0.1) is 11.3 Å². The zero-order valence-corrected chi connectivity index (χ0v) is 14.6. The van der Waals surface area contributed by atoms with E-state index in [1.54, 1.807) is 36.4 Å². The summed E-state index contributed by atoms with van der Waals surface area (Å²) >= 11 is 13.1. The van der Waals surface area contributed by atoms with Crippen LogP contribution in [0.1, 0.15) is 15.9 Å². The highest BCUT2D eigenvalue weighted by Gasteiger charge is 2.03. The number of carbonyl (C=O) groups excluding carboxylic acids is 1. The first kappa shape index (κ1) is 16.7. The number of hydrogen-bond donors (Lipinski definition) is 1. The third kappa shape index (κ3) is 3.85. The molecule has 6 heteroatoms. The first-order valence-corrected chi connectivity index (χ1v) is 8.57. The molecule has 24 heavy (non-hydrogen) atoms. The molecule has 0 saturated heterocycles. The van der Waals surface area contributed by atoms with Gasteiger partial charge in [-0.3, -0.25) is 9.59 Å². The van der Waals surface area contributed by atoms with E-state index in [-0.39, 0.29) is 11.3 Å². The summed E-state index contributed by atoms with van der Waals surface area (Å²) in [6, 6.07) is 13.8. The number of carbonyl (C=O) groups is 1. The molecule has 2 aromatic carbocycles. The number of aromatic amines is 1. The van der Waals surface area contributed by atoms with Crippen molar-refractivity contribution >= 4 is 52.5 Å². The Morgan fingerprint density at radius 1 is 1.04 bits per heavy atom. The lowest BCUT2D eigenvalue weighted by atomic mass is 10.1. The van der Waals surface area contributed by atoms with Crippen molar-refractivity contribution in [2.45, 2.75) is 0 Å². The van der Waals surface area contributed by atoms with Crippen molar-refractivity contribution in [3.63, 3.8) is 0 Å². The van der Waals surface area contributed by atoms with Crippen LogP contribution in [0, 0.1) is 0 Å². The molecular weight excluding hydrogens is 365 g/mol. The number of thiazole rings is 1. The largest absolute Gasteiger partial charge is 0.313 e. The molecule has 1 N–H and O–H groups in total. The average molecular weight is 376 g/mol. The molecule has 3 aromatic rings. The average Bonchev–Trinajstić information content (AvgIpc) is 2.89. The summed E-state index contributed by atoms with van der Waals surface area (Å²) in [5.74, 6) is -0.200. The van der Waals surface area contributed by atoms with Gasteiger partial charge in [0.15, 0.2) is 5.78 Å². The van der Waals surface area contributed by atoms with Crippen LogP contribution in [0.25, 0.3) is 12.2 Å². The molecule has 0 radical (unpaired) electrons. The van der Waals surface area contributed by atoms with E-state index in [4.69, 9.17) is 23.2 Å². The van der Waals surface area contributed by atoms with Gasteiger partial charge in [0.2, 0.25) is 0 Å². The van der Waals surface area contributed by atoms with Gasteiger partial charge in [0.25, 0.3) is 5.56 Å². The van der Waals surface area contributed by atoms with E-state index in [0.717, 1.165) is 5.56 Å². The van der Waals surface area contributed by atoms with Gasteiger partial charge < -0.3 is 4.98 Å². The molecular formula is C18H11Cl2NO2S. The van der Waals surface area contributed by atoms with Gasteiger partial charge in [0, 0.05) is 21.7 Å². The van der Waals surface area contributed by atoms with Crippen LogP contribution < -0.4 is 14.8 Å². The fourth-order valence-corrected chi connectivity index (χ4v) is 3.27. The normalized spacial score (nSPS) is 12.6. The zero-order valence-electron chi connectivity index (χ0n) is 12.3. The Balaban J connectivity index is 2.00. The third-order valence-corrected chi connectivity index (χ3v) is 4.82. The monoisotopic (exact) mass is 375 g/mol. The molecule has 0 atom stereocenters. The van der Waals surface area contributed by atoms with Gasteiger partial charge in [-0.2, -0.15) is 0 Å². The minimum Gasteiger partial charge on any atom is -0.313 e. The Bertz CT molecular complexity index is 1070. The zero-order chi connectivity index (χ0) is 17.1. The van der Waals surface area contributed by atoms with Gasteiger partial charge in [0.05, 0.1) is 9.20 Å². The fourth-order valence-electron chi connectivity index (χ4n) is 2.07. The van der Waals surface area contributed by atoms with E-state index < -0.39 is 0 Å². The number of nitrogens with one attached hydrogen (secondary N) is 1. The number of halogens is 2. The standard InChI is InChI=1S/C18H11Cl2NO2S/c19-13-7-5-11(6-8-13)15(22)10-17-21-18(23)16(24-17)9-12-3-1-2-4-14(12)20/h1-10H,(H,21,23)/b16-9+,17-10+. The lowest BCUT2D eigenvalue weighted by Crippen LogP contribution is -2.20. The fraction of sp³-hybridized carbons (Fsp3) is 0. The van der Waals surface area contributed by atoms with Crippen molar-refractivity contribution in [2.24, 2.45) is 0 Å². The highest BCUT2D eigenvalue weighted by molar-refractivity contribution is 7.07. The number of hydrogen-bond acceptors (Lipinski definition) is 3. The van der Waals surface area contributed by atoms with Crippen LogP contribution in [0.15, 0.2) is 53.3 Å². The molecule has 0 saturated carbocycles. The topological polar surface area (TPSA) is 49.9 Å². The number of rotatable bonds is 3. The summed E-state index contributed by atoms with van der Waals surface area (Å²) in [5, 5.41) is 1.13. The maximum Gasteiger partial charge on any atom is 0.266 e. The van der Waals surface area contributed by atoms with Crippen molar-refractivity contribution in [3.8, 4) is 0 Å². The second-order valence-corrected chi connectivity index (χ2v) is 6.89. The van der Waals surface area contributed by atoms with Gasteiger partial charge in [-0.25, -0.2) is 0 Å². The number of Topliss-reactive ketones (excluding diaryl/α,β-unsaturated/α-hetero) is 1. The second-order valence-electron chi connectivity index (χ2n) is 4.97. The molecule has 0 aliphatic carbocycles. The number of aromatic nitrogens is 1. The summed E-state index contributed by atoms with van der Waals surface area (Å²) in [4.78, 5) is 26.9. The van der Waals surface area contributed by atoms with Crippen molar-refractivity contribution in [1.29, 1.82) is 0 Å². The minimum absolute atomic E-state index is 0.200. The predicted octanol–water partition coefficient (Wildman–Crippen LogP) is 3.24. The van der Waals surface area contributed by atoms with Gasteiger partial charge in [-0.05, 0) is 42.0 Å². The van der Waals surface area contributed by atoms with E-state index in [1.807, 2.05) is 18.2 Å².